The zero-order valence-corrected chi connectivity index (χ0v) is 25.6. The minimum absolute atomic E-state index is 0.000791. The first-order valence-corrected chi connectivity index (χ1v) is 15.5. The molecule has 1 aliphatic heterocycles. The van der Waals surface area contributed by atoms with Gasteiger partial charge in [0.2, 0.25) is 0 Å². The molecule has 1 unspecified atom stereocenters. The maximum Gasteiger partial charge on any atom is 0.301 e. The van der Waals surface area contributed by atoms with Gasteiger partial charge in [0, 0.05) is 6.20 Å². The Bertz CT molecular complexity index is 1890. The summed E-state index contributed by atoms with van der Waals surface area (Å²) in [7, 11) is 0. The molecule has 5 aromatic rings. The first kappa shape index (κ1) is 28.6. The van der Waals surface area contributed by atoms with Gasteiger partial charge < -0.3 is 9.84 Å². The molecule has 9 heteroatoms. The molecular weight excluding hydrogens is 560 g/mol. The molecule has 1 N–H and O–H groups in total. The van der Waals surface area contributed by atoms with E-state index in [9.17, 15) is 14.7 Å². The van der Waals surface area contributed by atoms with Gasteiger partial charge in [-0.15, -0.1) is 0 Å². The van der Waals surface area contributed by atoms with Gasteiger partial charge in [-0.3, -0.25) is 18.9 Å². The van der Waals surface area contributed by atoms with Crippen LogP contribution in [-0.4, -0.2) is 37.8 Å². The van der Waals surface area contributed by atoms with Gasteiger partial charge in [0.1, 0.15) is 17.1 Å². The lowest BCUT2D eigenvalue weighted by molar-refractivity contribution is -0.132. The van der Waals surface area contributed by atoms with Crippen molar-refractivity contribution in [2.24, 2.45) is 0 Å². The van der Waals surface area contributed by atoms with Crippen LogP contribution in [0.3, 0.4) is 0 Å². The van der Waals surface area contributed by atoms with Gasteiger partial charge in [0.05, 0.1) is 34.1 Å². The van der Waals surface area contributed by atoms with Crippen LogP contribution in [0.4, 0.5) is 5.13 Å². The average molecular weight is 595 g/mol. The number of nitrogens with zero attached hydrogens (tertiary/aromatic N) is 4. The van der Waals surface area contributed by atoms with Crippen LogP contribution in [0.15, 0.2) is 66.4 Å². The van der Waals surface area contributed by atoms with Crippen LogP contribution in [0.5, 0.6) is 5.75 Å². The van der Waals surface area contributed by atoms with Crippen molar-refractivity contribution < 1.29 is 19.4 Å². The number of ketones is 1. The summed E-state index contributed by atoms with van der Waals surface area (Å²) in [6, 6.07) is 16.1. The highest BCUT2D eigenvalue weighted by molar-refractivity contribution is 7.22. The van der Waals surface area contributed by atoms with E-state index in [2.05, 4.69) is 11.9 Å². The highest BCUT2D eigenvalue weighted by atomic mass is 32.1. The summed E-state index contributed by atoms with van der Waals surface area (Å²) in [4.78, 5) is 38.4. The number of rotatable bonds is 9. The zero-order valence-electron chi connectivity index (χ0n) is 24.8. The summed E-state index contributed by atoms with van der Waals surface area (Å²) in [6.45, 7) is 8.58. The number of ether oxygens (including phenoxy) is 1. The Kier molecular flexibility index (Phi) is 7.75. The van der Waals surface area contributed by atoms with Crippen LogP contribution in [0.2, 0.25) is 0 Å². The molecule has 4 heterocycles. The molecule has 1 aliphatic rings. The minimum Gasteiger partial charge on any atom is -0.505 e. The highest BCUT2D eigenvalue weighted by Crippen LogP contribution is 2.45. The van der Waals surface area contributed by atoms with Crippen LogP contribution in [0, 0.1) is 20.8 Å². The molecule has 43 heavy (non-hydrogen) atoms. The Morgan fingerprint density at radius 3 is 2.56 bits per heavy atom. The number of amides is 1. The van der Waals surface area contributed by atoms with Crippen LogP contribution >= 0.6 is 11.3 Å². The summed E-state index contributed by atoms with van der Waals surface area (Å²) in [5.41, 5.74) is 5.09. The molecule has 1 saturated heterocycles. The molecule has 2 aromatic carbocycles. The first-order chi connectivity index (χ1) is 20.8. The topological polar surface area (TPSA) is 97.0 Å². The molecule has 1 atom stereocenters. The lowest BCUT2D eigenvalue weighted by atomic mass is 9.96. The Morgan fingerprint density at radius 2 is 1.79 bits per heavy atom. The van der Waals surface area contributed by atoms with Crippen molar-refractivity contribution in [2.75, 3.05) is 11.5 Å². The summed E-state index contributed by atoms with van der Waals surface area (Å²) >= 11 is 1.36. The summed E-state index contributed by atoms with van der Waals surface area (Å²) in [5, 5.41) is 12.2. The molecule has 0 bridgehead atoms. The number of aliphatic hydroxyl groups excluding tert-OH is 1. The molecule has 1 fully saturated rings. The number of imidazole rings is 1. The number of hydrogen-bond acceptors (Lipinski definition) is 7. The quantitative estimate of drug-likeness (QED) is 0.0824. The molecule has 8 nitrogen and oxygen atoms in total. The number of aromatic nitrogens is 3. The smallest absolute Gasteiger partial charge is 0.301 e. The Hall–Kier alpha value is -4.50. The molecular formula is C34H34N4O4S. The minimum atomic E-state index is -0.894. The molecule has 0 radical (unpaired) electrons. The van der Waals surface area contributed by atoms with Crippen molar-refractivity contribution >= 4 is 49.8 Å². The maximum absolute atomic E-state index is 13.8. The van der Waals surface area contributed by atoms with E-state index in [1.165, 1.54) is 22.7 Å². The third kappa shape index (κ3) is 5.18. The van der Waals surface area contributed by atoms with Gasteiger partial charge in [-0.2, -0.15) is 0 Å². The third-order valence-electron chi connectivity index (χ3n) is 7.86. The van der Waals surface area contributed by atoms with Gasteiger partial charge in [-0.1, -0.05) is 61.8 Å². The number of carbonyl (C=O) groups is 2. The van der Waals surface area contributed by atoms with E-state index < -0.39 is 17.7 Å². The lowest BCUT2D eigenvalue weighted by Gasteiger charge is -2.23. The van der Waals surface area contributed by atoms with Crippen LogP contribution in [-0.2, 0) is 9.59 Å². The second-order valence-electron chi connectivity index (χ2n) is 11.0. The normalized spacial score (nSPS) is 16.6. The number of fused-ring (bicyclic) bond motifs is 2. The van der Waals surface area contributed by atoms with E-state index in [4.69, 9.17) is 9.72 Å². The van der Waals surface area contributed by atoms with E-state index in [0.29, 0.717) is 40.1 Å². The molecule has 3 aromatic heterocycles. The van der Waals surface area contributed by atoms with Gasteiger partial charge in [-0.25, -0.2) is 9.97 Å². The highest BCUT2D eigenvalue weighted by Gasteiger charge is 2.48. The number of thiazole rings is 1. The number of pyridine rings is 1. The van der Waals surface area contributed by atoms with Crippen LogP contribution < -0.4 is 9.64 Å². The molecule has 1 amide bonds. The second-order valence-corrected chi connectivity index (χ2v) is 12.1. The van der Waals surface area contributed by atoms with E-state index in [0.717, 1.165) is 40.6 Å². The Labute approximate surface area is 254 Å². The number of Topliss-reactive ketones (excluding diaryl/α,β-unsaturated/α-hetero) is 1. The molecule has 0 spiro atoms. The number of aliphatic hydroxyl groups is 1. The summed E-state index contributed by atoms with van der Waals surface area (Å²) in [5.74, 6) is -1.06. The lowest BCUT2D eigenvalue weighted by Crippen LogP contribution is -2.29. The van der Waals surface area contributed by atoms with Crippen molar-refractivity contribution in [2.45, 2.75) is 59.4 Å². The fourth-order valence-corrected chi connectivity index (χ4v) is 6.97. The van der Waals surface area contributed by atoms with E-state index >= 15 is 0 Å². The summed E-state index contributed by atoms with van der Waals surface area (Å²) in [6.07, 6.45) is 6.21. The van der Waals surface area contributed by atoms with Crippen molar-refractivity contribution in [3.8, 4) is 5.75 Å². The predicted molar refractivity (Wildman–Crippen MR) is 170 cm³/mol. The van der Waals surface area contributed by atoms with Crippen LogP contribution in [0.1, 0.15) is 66.7 Å². The molecule has 0 saturated carbocycles. The largest absolute Gasteiger partial charge is 0.505 e. The zero-order chi connectivity index (χ0) is 30.2. The SMILES string of the molecule is CCCCCCOc1ccc(C2C(=C(O)c3c(C)nc4ccccn34)C(=O)C(=O)N2c2nc3c(C)cc(C)cc3s2)cc1. The Morgan fingerprint density at radius 1 is 1.00 bits per heavy atom. The van der Waals surface area contributed by atoms with Gasteiger partial charge in [0.25, 0.3) is 5.78 Å². The van der Waals surface area contributed by atoms with Gasteiger partial charge in [0.15, 0.2) is 10.9 Å². The van der Waals surface area contributed by atoms with E-state index in [1.54, 1.807) is 17.5 Å². The second kappa shape index (κ2) is 11.6. The standard InChI is InChI=1S/C34H34N4O4S/c1-5-6-7-10-17-42-24-14-12-23(13-15-24)30-27(31(39)29-22(4)35-26-11-8-9-16-37(26)29)32(40)33(41)38(30)34-36-28-21(3)18-20(2)19-25(28)43-34/h8-9,11-16,18-19,30,39H,5-7,10,17H2,1-4H3. The van der Waals surface area contributed by atoms with E-state index in [-0.39, 0.29) is 11.3 Å². The molecule has 0 aliphatic carbocycles. The number of benzene rings is 2. The first-order valence-electron chi connectivity index (χ1n) is 14.6. The van der Waals surface area contributed by atoms with Crippen molar-refractivity contribution in [1.29, 1.82) is 0 Å². The maximum atomic E-state index is 13.8. The third-order valence-corrected chi connectivity index (χ3v) is 8.86. The fraction of sp³-hybridized carbons (Fsp3) is 0.294. The van der Waals surface area contributed by atoms with Crippen molar-refractivity contribution in [1.82, 2.24) is 14.4 Å². The van der Waals surface area contributed by atoms with Gasteiger partial charge in [-0.05, 0) is 74.2 Å². The predicted octanol–water partition coefficient (Wildman–Crippen LogP) is 7.45. The summed E-state index contributed by atoms with van der Waals surface area (Å²) < 4.78 is 8.61. The monoisotopic (exact) mass is 594 g/mol. The number of unbranched alkanes of at least 4 members (excludes halogenated alkanes) is 3. The number of hydrogen-bond donors (Lipinski definition) is 1. The number of aryl methyl sites for hydroxylation is 3. The van der Waals surface area contributed by atoms with E-state index in [1.807, 2.05) is 68.4 Å². The number of carbonyl (C=O) groups excluding carboxylic acids is 2. The Balaban J connectivity index is 1.47. The molecule has 6 rings (SSSR count). The fourth-order valence-electron chi connectivity index (χ4n) is 5.80. The van der Waals surface area contributed by atoms with Crippen molar-refractivity contribution in [3.05, 3.63) is 94.4 Å². The van der Waals surface area contributed by atoms with Crippen molar-refractivity contribution in [3.63, 3.8) is 0 Å². The average Bonchev–Trinajstić information content (AvgIpc) is 3.64. The molecule has 220 valence electrons. The van der Waals surface area contributed by atoms with Crippen LogP contribution in [0.25, 0.3) is 21.6 Å². The van der Waals surface area contributed by atoms with Gasteiger partial charge >= 0.3 is 5.91 Å². The number of anilines is 1.